The summed E-state index contributed by atoms with van der Waals surface area (Å²) in [5, 5.41) is 8.67. The predicted octanol–water partition coefficient (Wildman–Crippen LogP) is 3.70. The van der Waals surface area contributed by atoms with Crippen LogP contribution in [-0.4, -0.2) is 38.3 Å². The molecule has 0 radical (unpaired) electrons. The van der Waals surface area contributed by atoms with Crippen molar-refractivity contribution in [2.75, 3.05) is 6.61 Å². The van der Waals surface area contributed by atoms with Gasteiger partial charge < -0.3 is 9.84 Å². The van der Waals surface area contributed by atoms with Crippen LogP contribution >= 0.6 is 0 Å². The molecular weight excluding hydrogens is 380 g/mol. The molecule has 0 aromatic heterocycles. The number of allylic oxidation sites excluding steroid dienone is 2. The van der Waals surface area contributed by atoms with Crippen LogP contribution in [0.4, 0.5) is 0 Å². The highest BCUT2D eigenvalue weighted by Crippen LogP contribution is 2.45. The Labute approximate surface area is 166 Å². The number of ether oxygens (including phenoxy) is 1. The van der Waals surface area contributed by atoms with Crippen molar-refractivity contribution in [3.05, 3.63) is 42.0 Å². The maximum atomic E-state index is 12.5. The topological polar surface area (TPSA) is 89.9 Å². The molecule has 154 valence electrons. The number of carboxylic acids is 1. The van der Waals surface area contributed by atoms with Gasteiger partial charge in [-0.15, -0.1) is 0 Å². The van der Waals surface area contributed by atoms with Crippen molar-refractivity contribution >= 4 is 16.1 Å². The maximum Gasteiger partial charge on any atom is 0.303 e. The molecule has 0 saturated carbocycles. The van der Waals surface area contributed by atoms with Crippen LogP contribution in [0, 0.1) is 18.8 Å². The Bertz CT molecular complexity index is 799. The molecular formula is C21H28O6S. The highest BCUT2D eigenvalue weighted by Gasteiger charge is 2.48. The lowest BCUT2D eigenvalue weighted by Gasteiger charge is -2.26. The molecule has 1 N–H and O–H groups in total. The Morgan fingerprint density at radius 1 is 1.18 bits per heavy atom. The van der Waals surface area contributed by atoms with Gasteiger partial charge in [0.25, 0.3) is 10.1 Å². The molecule has 3 rings (SSSR count). The van der Waals surface area contributed by atoms with Gasteiger partial charge in [-0.1, -0.05) is 29.8 Å². The number of aliphatic carboxylic acids is 1. The van der Waals surface area contributed by atoms with Crippen LogP contribution in [0.25, 0.3) is 0 Å². The molecule has 4 atom stereocenters. The Hall–Kier alpha value is -1.70. The van der Waals surface area contributed by atoms with E-state index in [-0.39, 0.29) is 42.0 Å². The van der Waals surface area contributed by atoms with Gasteiger partial charge in [0.05, 0.1) is 23.7 Å². The summed E-state index contributed by atoms with van der Waals surface area (Å²) >= 11 is 0. The fourth-order valence-electron chi connectivity index (χ4n) is 4.11. The summed E-state index contributed by atoms with van der Waals surface area (Å²) in [6, 6.07) is 6.66. The van der Waals surface area contributed by atoms with Gasteiger partial charge in [0.15, 0.2) is 0 Å². The van der Waals surface area contributed by atoms with E-state index >= 15 is 0 Å². The molecule has 2 fully saturated rings. The highest BCUT2D eigenvalue weighted by molar-refractivity contribution is 7.86. The molecule has 6 nitrogen and oxygen atoms in total. The van der Waals surface area contributed by atoms with Crippen LogP contribution < -0.4 is 0 Å². The number of carbonyl (C=O) groups is 1. The summed E-state index contributed by atoms with van der Waals surface area (Å²) in [5.74, 6) is -0.479. The van der Waals surface area contributed by atoms with Crippen molar-refractivity contribution in [1.82, 2.24) is 0 Å². The van der Waals surface area contributed by atoms with Gasteiger partial charge in [0.2, 0.25) is 0 Å². The standard InChI is InChI=1S/C21H28O6S/c1-15-8-10-16(11-9-15)28(24,25)26-14-18-17(19-12-13-20(18)27-19)6-4-2-3-5-7-21(22)23/h2,4,8-11,17-20H,3,5-7,12-14H2,1H3,(H,22,23)/t17-,18+,19-,20+/m0/s1. The number of hydrogen-bond donors (Lipinski definition) is 1. The largest absolute Gasteiger partial charge is 0.481 e. The van der Waals surface area contributed by atoms with Gasteiger partial charge >= 0.3 is 5.97 Å². The SMILES string of the molecule is Cc1ccc(S(=O)(=O)OC[C@@H]2[C@H](CC=CCCCC(=O)O)[C@@H]3CC[C@H]2O3)cc1. The first kappa shape index (κ1) is 21.0. The van der Waals surface area contributed by atoms with Gasteiger partial charge in [0, 0.05) is 12.3 Å². The minimum absolute atomic E-state index is 0.0580. The van der Waals surface area contributed by atoms with Crippen molar-refractivity contribution in [2.45, 2.75) is 62.6 Å². The average molecular weight is 409 g/mol. The smallest absolute Gasteiger partial charge is 0.303 e. The molecule has 2 bridgehead atoms. The van der Waals surface area contributed by atoms with E-state index < -0.39 is 16.1 Å². The average Bonchev–Trinajstić information content (AvgIpc) is 3.24. The van der Waals surface area contributed by atoms with Crippen LogP contribution in [0.2, 0.25) is 0 Å². The lowest BCUT2D eigenvalue weighted by Crippen LogP contribution is -2.31. The molecule has 7 heteroatoms. The number of fused-ring (bicyclic) bond motifs is 2. The normalized spacial score (nSPS) is 26.9. The lowest BCUT2D eigenvalue weighted by molar-refractivity contribution is -0.137. The Morgan fingerprint density at radius 2 is 1.86 bits per heavy atom. The molecule has 1 aromatic carbocycles. The maximum absolute atomic E-state index is 12.5. The van der Waals surface area contributed by atoms with Crippen molar-refractivity contribution in [3.63, 3.8) is 0 Å². The zero-order valence-electron chi connectivity index (χ0n) is 16.1. The molecule has 1 aromatic rings. The molecule has 2 aliphatic heterocycles. The Balaban J connectivity index is 1.55. The van der Waals surface area contributed by atoms with Crippen molar-refractivity contribution in [2.24, 2.45) is 11.8 Å². The van der Waals surface area contributed by atoms with Crippen LogP contribution in [0.3, 0.4) is 0 Å². The van der Waals surface area contributed by atoms with Crippen molar-refractivity contribution < 1.29 is 27.2 Å². The minimum Gasteiger partial charge on any atom is -0.481 e. The molecule has 0 aliphatic carbocycles. The quantitative estimate of drug-likeness (QED) is 0.361. The molecule has 0 amide bonds. The third-order valence-corrected chi connectivity index (χ3v) is 6.95. The summed E-state index contributed by atoms with van der Waals surface area (Å²) in [6.07, 6.45) is 8.58. The number of benzene rings is 1. The fraction of sp³-hybridized carbons (Fsp3) is 0.571. The van der Waals surface area contributed by atoms with E-state index in [4.69, 9.17) is 14.0 Å². The highest BCUT2D eigenvalue weighted by atomic mass is 32.2. The van der Waals surface area contributed by atoms with Gasteiger partial charge in [-0.3, -0.25) is 8.98 Å². The first-order chi connectivity index (χ1) is 13.4. The van der Waals surface area contributed by atoms with E-state index in [1.54, 1.807) is 24.3 Å². The van der Waals surface area contributed by atoms with E-state index in [9.17, 15) is 13.2 Å². The van der Waals surface area contributed by atoms with Crippen molar-refractivity contribution in [3.8, 4) is 0 Å². The number of hydrogen-bond acceptors (Lipinski definition) is 5. The summed E-state index contributed by atoms with van der Waals surface area (Å²) in [7, 11) is -3.77. The van der Waals surface area contributed by atoms with Crippen LogP contribution in [-0.2, 0) is 23.8 Å². The Kier molecular flexibility index (Phi) is 6.91. The summed E-state index contributed by atoms with van der Waals surface area (Å²) in [4.78, 5) is 10.7. The van der Waals surface area contributed by atoms with E-state index in [0.717, 1.165) is 31.2 Å². The van der Waals surface area contributed by atoms with Crippen molar-refractivity contribution in [1.29, 1.82) is 0 Å². The number of carboxylic acid groups (broad SMARTS) is 1. The third kappa shape index (κ3) is 5.21. The first-order valence-electron chi connectivity index (χ1n) is 9.85. The zero-order chi connectivity index (χ0) is 20.1. The molecule has 2 aliphatic rings. The van der Waals surface area contributed by atoms with E-state index in [2.05, 4.69) is 6.08 Å². The van der Waals surface area contributed by atoms with Gasteiger partial charge in [-0.25, -0.2) is 0 Å². The summed E-state index contributed by atoms with van der Waals surface area (Å²) in [5.41, 5.74) is 0.996. The van der Waals surface area contributed by atoms with Gasteiger partial charge in [0.1, 0.15) is 0 Å². The van der Waals surface area contributed by atoms with E-state index in [0.29, 0.717) is 6.42 Å². The monoisotopic (exact) mass is 408 g/mol. The number of aryl methyl sites for hydroxylation is 1. The minimum atomic E-state index is -3.77. The van der Waals surface area contributed by atoms with E-state index in [1.807, 2.05) is 13.0 Å². The summed E-state index contributed by atoms with van der Waals surface area (Å²) < 4.78 is 36.4. The second-order valence-corrected chi connectivity index (χ2v) is 9.28. The Morgan fingerprint density at radius 3 is 2.54 bits per heavy atom. The predicted molar refractivity (Wildman–Crippen MR) is 104 cm³/mol. The molecule has 0 unspecified atom stereocenters. The zero-order valence-corrected chi connectivity index (χ0v) is 16.9. The van der Waals surface area contributed by atoms with Gasteiger partial charge in [-0.2, -0.15) is 8.42 Å². The van der Waals surface area contributed by atoms with E-state index in [1.165, 1.54) is 0 Å². The fourth-order valence-corrected chi connectivity index (χ4v) is 5.05. The third-order valence-electron chi connectivity index (χ3n) is 5.65. The molecule has 2 saturated heterocycles. The lowest BCUT2D eigenvalue weighted by atomic mass is 9.78. The van der Waals surface area contributed by atoms with Crippen LogP contribution in [0.15, 0.2) is 41.3 Å². The van der Waals surface area contributed by atoms with Crippen LogP contribution in [0.1, 0.15) is 44.1 Å². The molecule has 2 heterocycles. The van der Waals surface area contributed by atoms with Gasteiger partial charge in [-0.05, 0) is 57.1 Å². The second-order valence-electron chi connectivity index (χ2n) is 7.66. The number of rotatable bonds is 10. The first-order valence-corrected chi connectivity index (χ1v) is 11.3. The number of unbranched alkanes of at least 4 members (excludes halogenated alkanes) is 1. The molecule has 0 spiro atoms. The summed E-state index contributed by atoms with van der Waals surface area (Å²) in [6.45, 7) is 2.04. The molecule has 28 heavy (non-hydrogen) atoms. The van der Waals surface area contributed by atoms with Crippen LogP contribution in [0.5, 0.6) is 0 Å². The second kappa shape index (κ2) is 9.20.